The molecule has 2 heterocycles. The number of carbonyl (C=O) groups excluding carboxylic acids is 1. The Morgan fingerprint density at radius 3 is 3.04 bits per heavy atom. The third-order valence-corrected chi connectivity index (χ3v) is 9.31. The highest BCUT2D eigenvalue weighted by Crippen LogP contribution is 2.74. The largest absolute Gasteiger partial charge is 0.489 e. The van der Waals surface area contributed by atoms with E-state index in [4.69, 9.17) is 4.74 Å². The van der Waals surface area contributed by atoms with Gasteiger partial charge < -0.3 is 4.74 Å². The summed E-state index contributed by atoms with van der Waals surface area (Å²) in [6, 6.07) is 7.32. The van der Waals surface area contributed by atoms with Crippen molar-refractivity contribution in [1.29, 1.82) is 0 Å². The average molecular weight is 361 g/mol. The maximum Gasteiger partial charge on any atom is 0.133 e. The van der Waals surface area contributed by atoms with Gasteiger partial charge in [0.05, 0.1) is 0 Å². The molecule has 8 rings (SSSR count). The molecule has 2 aliphatic heterocycles. The summed E-state index contributed by atoms with van der Waals surface area (Å²) in [6.07, 6.45) is 9.75. The van der Waals surface area contributed by atoms with Crippen LogP contribution >= 0.6 is 0 Å². The summed E-state index contributed by atoms with van der Waals surface area (Å²) in [4.78, 5) is 15.4. The van der Waals surface area contributed by atoms with Gasteiger partial charge in [0, 0.05) is 40.8 Å². The van der Waals surface area contributed by atoms with Crippen molar-refractivity contribution in [2.45, 2.75) is 63.0 Å². The normalized spacial score (nSPS) is 45.1. The Morgan fingerprint density at radius 2 is 2.22 bits per heavy atom. The highest BCUT2D eigenvalue weighted by molar-refractivity contribution is 5.80. The average Bonchev–Trinajstić information content (AvgIpc) is 3.41. The number of carbonyl (C=O) groups is 1. The molecule has 0 N–H and O–H groups in total. The smallest absolute Gasteiger partial charge is 0.133 e. The fourth-order valence-electron chi connectivity index (χ4n) is 8.33. The van der Waals surface area contributed by atoms with E-state index in [9.17, 15) is 4.79 Å². The second kappa shape index (κ2) is 4.68. The summed E-state index contributed by atoms with van der Waals surface area (Å²) >= 11 is 0. The van der Waals surface area contributed by atoms with Crippen LogP contribution < -0.4 is 4.74 Å². The monoisotopic (exact) mass is 361 g/mol. The van der Waals surface area contributed by atoms with Crippen LogP contribution in [0.5, 0.6) is 5.75 Å². The van der Waals surface area contributed by atoms with Gasteiger partial charge in [0.25, 0.3) is 0 Å². The number of Topliss-reactive ketones (excluding diaryl/α,β-unsaturated/α-hetero) is 1. The minimum absolute atomic E-state index is 0.172. The summed E-state index contributed by atoms with van der Waals surface area (Å²) in [5.74, 6) is 2.17. The SMILES string of the molecule is CC(=O)C1CC23CCC1[C@@H]1Oc4cccc5c4[C@@]12CCN(CC1=CC1)[C@@H]3C5. The molecule has 5 aliphatic carbocycles. The lowest BCUT2D eigenvalue weighted by Crippen LogP contribution is -2.76. The van der Waals surface area contributed by atoms with Gasteiger partial charge in [-0.2, -0.15) is 0 Å². The number of likely N-dealkylation sites (tertiary alicyclic amines) is 1. The molecular weight excluding hydrogens is 334 g/mol. The van der Waals surface area contributed by atoms with Crippen molar-refractivity contribution in [1.82, 2.24) is 4.90 Å². The van der Waals surface area contributed by atoms with E-state index in [-0.39, 0.29) is 22.9 Å². The van der Waals surface area contributed by atoms with Gasteiger partial charge in [-0.25, -0.2) is 0 Å². The van der Waals surface area contributed by atoms with Crippen molar-refractivity contribution in [3.63, 3.8) is 0 Å². The molecule has 2 spiro atoms. The molecule has 3 unspecified atom stereocenters. The molecule has 1 saturated heterocycles. The van der Waals surface area contributed by atoms with Crippen LogP contribution in [0.1, 0.15) is 50.2 Å². The maximum atomic E-state index is 12.6. The Kier molecular flexibility index (Phi) is 2.66. The molecule has 1 aromatic carbocycles. The molecule has 6 atom stereocenters. The van der Waals surface area contributed by atoms with Crippen LogP contribution in [0, 0.1) is 17.3 Å². The standard InChI is InChI=1S/C24H27NO2/c1-14(26)18-12-23-8-7-17(18)22-24(23)9-10-25(13-15-5-6-15)20(23)11-16-3-2-4-19(27-22)21(16)24/h2-5,17-18,20,22H,6-13H2,1H3/t17?,18?,20-,22+,23?,24+/m1/s1. The van der Waals surface area contributed by atoms with E-state index in [0.717, 1.165) is 25.1 Å². The van der Waals surface area contributed by atoms with E-state index < -0.39 is 0 Å². The quantitative estimate of drug-likeness (QED) is 0.770. The zero-order chi connectivity index (χ0) is 18.0. The predicted molar refractivity (Wildman–Crippen MR) is 103 cm³/mol. The van der Waals surface area contributed by atoms with Crippen LogP contribution in [0.3, 0.4) is 0 Å². The number of piperidine rings is 1. The molecule has 3 nitrogen and oxygen atoms in total. The van der Waals surface area contributed by atoms with Crippen LogP contribution in [-0.4, -0.2) is 35.9 Å². The first-order valence-electron chi connectivity index (χ1n) is 10.9. The van der Waals surface area contributed by atoms with E-state index in [0.29, 0.717) is 17.7 Å². The number of allylic oxidation sites excluding steroid dienone is 1. The summed E-state index contributed by atoms with van der Waals surface area (Å²) in [6.45, 7) is 4.17. The highest BCUT2D eigenvalue weighted by Gasteiger charge is 2.76. The molecule has 0 radical (unpaired) electrons. The summed E-state index contributed by atoms with van der Waals surface area (Å²) in [7, 11) is 0. The van der Waals surface area contributed by atoms with Crippen molar-refractivity contribution in [2.75, 3.05) is 13.1 Å². The number of fused-ring (bicyclic) bond motifs is 2. The lowest BCUT2D eigenvalue weighted by Gasteiger charge is -2.71. The lowest BCUT2D eigenvalue weighted by atomic mass is 9.36. The highest BCUT2D eigenvalue weighted by atomic mass is 16.5. The van der Waals surface area contributed by atoms with Crippen molar-refractivity contribution in [3.8, 4) is 5.75 Å². The summed E-state index contributed by atoms with van der Waals surface area (Å²) in [5.41, 5.74) is 5.12. The fourth-order valence-corrected chi connectivity index (χ4v) is 8.33. The number of hydrogen-bond acceptors (Lipinski definition) is 3. The molecular formula is C24H27NO2. The van der Waals surface area contributed by atoms with Gasteiger partial charge in [-0.15, -0.1) is 0 Å². The van der Waals surface area contributed by atoms with Gasteiger partial charge in [0.2, 0.25) is 0 Å². The predicted octanol–water partition coefficient (Wildman–Crippen LogP) is 3.65. The summed E-state index contributed by atoms with van der Waals surface area (Å²) < 4.78 is 6.73. The molecule has 4 fully saturated rings. The Balaban J connectivity index is 1.47. The van der Waals surface area contributed by atoms with Crippen molar-refractivity contribution < 1.29 is 9.53 Å². The molecule has 1 aromatic rings. The first-order valence-corrected chi connectivity index (χ1v) is 10.9. The number of hydrogen-bond donors (Lipinski definition) is 0. The molecule has 4 bridgehead atoms. The van der Waals surface area contributed by atoms with Crippen molar-refractivity contribution in [3.05, 3.63) is 41.0 Å². The third-order valence-electron chi connectivity index (χ3n) is 9.31. The number of benzene rings is 1. The van der Waals surface area contributed by atoms with Gasteiger partial charge in [0.1, 0.15) is 17.6 Å². The van der Waals surface area contributed by atoms with Crippen molar-refractivity contribution >= 4 is 5.78 Å². The Hall–Kier alpha value is -1.61. The minimum atomic E-state index is 0.172. The van der Waals surface area contributed by atoms with Crippen LogP contribution in [-0.2, 0) is 16.6 Å². The molecule has 140 valence electrons. The lowest BCUT2D eigenvalue weighted by molar-refractivity contribution is -0.198. The van der Waals surface area contributed by atoms with Gasteiger partial charge >= 0.3 is 0 Å². The van der Waals surface area contributed by atoms with Gasteiger partial charge in [-0.1, -0.05) is 23.8 Å². The zero-order valence-electron chi connectivity index (χ0n) is 16.0. The number of ketones is 1. The van der Waals surface area contributed by atoms with Crippen LogP contribution in [0.4, 0.5) is 0 Å². The Morgan fingerprint density at radius 1 is 1.33 bits per heavy atom. The van der Waals surface area contributed by atoms with Crippen LogP contribution in [0.15, 0.2) is 29.8 Å². The molecule has 3 heteroatoms. The number of nitrogens with zero attached hydrogens (tertiary/aromatic N) is 1. The minimum Gasteiger partial charge on any atom is -0.489 e. The number of ether oxygens (including phenoxy) is 1. The number of rotatable bonds is 3. The molecule has 3 saturated carbocycles. The Bertz CT molecular complexity index is 919. The second-order valence-corrected chi connectivity index (χ2v) is 10.1. The molecule has 27 heavy (non-hydrogen) atoms. The molecule has 7 aliphatic rings. The van der Waals surface area contributed by atoms with E-state index in [1.54, 1.807) is 11.1 Å². The van der Waals surface area contributed by atoms with Crippen molar-refractivity contribution in [2.24, 2.45) is 17.3 Å². The molecule has 0 aromatic heterocycles. The Labute approximate surface area is 160 Å². The second-order valence-electron chi connectivity index (χ2n) is 10.1. The molecule has 0 amide bonds. The summed E-state index contributed by atoms with van der Waals surface area (Å²) in [5, 5.41) is 0. The van der Waals surface area contributed by atoms with Gasteiger partial charge in [-0.05, 0) is 63.6 Å². The van der Waals surface area contributed by atoms with E-state index in [2.05, 4.69) is 29.2 Å². The van der Waals surface area contributed by atoms with Gasteiger partial charge in [-0.3, -0.25) is 9.69 Å². The topological polar surface area (TPSA) is 29.5 Å². The fraction of sp³-hybridized carbons (Fsp3) is 0.625. The van der Waals surface area contributed by atoms with E-state index >= 15 is 0 Å². The third kappa shape index (κ3) is 1.60. The first kappa shape index (κ1) is 15.3. The maximum absolute atomic E-state index is 12.6. The van der Waals surface area contributed by atoms with E-state index in [1.165, 1.54) is 37.8 Å². The van der Waals surface area contributed by atoms with Crippen LogP contribution in [0.25, 0.3) is 0 Å². The first-order chi connectivity index (χ1) is 13.1. The van der Waals surface area contributed by atoms with Crippen LogP contribution in [0.2, 0.25) is 0 Å². The van der Waals surface area contributed by atoms with Gasteiger partial charge in [0.15, 0.2) is 0 Å². The zero-order valence-corrected chi connectivity index (χ0v) is 16.0. The van der Waals surface area contributed by atoms with E-state index in [1.807, 2.05) is 6.92 Å².